The summed E-state index contributed by atoms with van der Waals surface area (Å²) in [6.45, 7) is 5.29. The maximum absolute atomic E-state index is 13.6. The number of carbonyl (C=O) groups excluding carboxylic acids is 1. The van der Waals surface area contributed by atoms with Crippen LogP contribution in [0, 0.1) is 13.8 Å². The number of aryl methyl sites for hydroxylation is 2. The first-order chi connectivity index (χ1) is 15.2. The summed E-state index contributed by atoms with van der Waals surface area (Å²) >= 11 is 6.08. The van der Waals surface area contributed by atoms with Crippen molar-refractivity contribution >= 4 is 33.2 Å². The summed E-state index contributed by atoms with van der Waals surface area (Å²) in [6, 6.07) is 20.9. The van der Waals surface area contributed by atoms with E-state index in [2.05, 4.69) is 5.32 Å². The summed E-state index contributed by atoms with van der Waals surface area (Å²) in [5.74, 6) is -0.384. The Balaban J connectivity index is 1.95. The molecule has 3 rings (SSSR count). The second kappa shape index (κ2) is 10.2. The lowest BCUT2D eigenvalue weighted by Crippen LogP contribution is -2.42. The third-order valence-corrected chi connectivity index (χ3v) is 7.28. The molecular formula is C25H27ClN2O3S. The Hall–Kier alpha value is -2.83. The van der Waals surface area contributed by atoms with E-state index < -0.39 is 10.0 Å². The number of amides is 1. The Kier molecular flexibility index (Phi) is 7.59. The summed E-state index contributed by atoms with van der Waals surface area (Å²) in [5, 5.41) is 3.47. The van der Waals surface area contributed by atoms with E-state index in [0.717, 1.165) is 15.4 Å². The molecule has 1 amide bonds. The highest BCUT2D eigenvalue weighted by molar-refractivity contribution is 7.92. The molecule has 0 unspecified atom stereocenters. The fourth-order valence-electron chi connectivity index (χ4n) is 3.51. The summed E-state index contributed by atoms with van der Waals surface area (Å²) in [5.41, 5.74) is 3.00. The van der Waals surface area contributed by atoms with Crippen molar-refractivity contribution in [3.8, 4) is 0 Å². The van der Waals surface area contributed by atoms with Crippen LogP contribution in [0.4, 0.5) is 5.69 Å². The summed E-state index contributed by atoms with van der Waals surface area (Å²) in [4.78, 5) is 13.2. The minimum atomic E-state index is -3.98. The molecule has 0 radical (unpaired) electrons. The van der Waals surface area contributed by atoms with Crippen LogP contribution in [0.2, 0.25) is 5.02 Å². The van der Waals surface area contributed by atoms with Crippen molar-refractivity contribution in [3.05, 3.63) is 94.5 Å². The van der Waals surface area contributed by atoms with Gasteiger partial charge in [-0.2, -0.15) is 0 Å². The molecule has 3 aromatic carbocycles. The third-order valence-electron chi connectivity index (χ3n) is 5.27. The summed E-state index contributed by atoms with van der Waals surface area (Å²) < 4.78 is 28.3. The number of halogens is 1. The summed E-state index contributed by atoms with van der Waals surface area (Å²) in [7, 11) is -3.98. The van der Waals surface area contributed by atoms with Crippen molar-refractivity contribution in [2.75, 3.05) is 10.8 Å². The molecule has 0 aliphatic heterocycles. The van der Waals surface area contributed by atoms with Gasteiger partial charge in [-0.15, -0.1) is 0 Å². The quantitative estimate of drug-likeness (QED) is 0.478. The highest BCUT2D eigenvalue weighted by Gasteiger charge is 2.29. The average molecular weight is 471 g/mol. The molecule has 0 saturated carbocycles. The van der Waals surface area contributed by atoms with Gasteiger partial charge in [0.1, 0.15) is 6.54 Å². The number of hydrogen-bond donors (Lipinski definition) is 1. The minimum absolute atomic E-state index is 0.125. The van der Waals surface area contributed by atoms with Crippen LogP contribution in [0.25, 0.3) is 0 Å². The molecule has 168 valence electrons. The van der Waals surface area contributed by atoms with Crippen molar-refractivity contribution in [3.63, 3.8) is 0 Å². The first-order valence-electron chi connectivity index (χ1n) is 10.4. The van der Waals surface area contributed by atoms with Gasteiger partial charge in [0.25, 0.3) is 10.0 Å². The maximum atomic E-state index is 13.6. The van der Waals surface area contributed by atoms with E-state index in [1.54, 1.807) is 49.4 Å². The fraction of sp³-hybridized carbons (Fsp3) is 0.240. The molecule has 7 heteroatoms. The number of hydrogen-bond acceptors (Lipinski definition) is 3. The van der Waals surface area contributed by atoms with Gasteiger partial charge in [0, 0.05) is 5.02 Å². The number of nitrogens with one attached hydrogen (secondary N) is 1. The van der Waals surface area contributed by atoms with Crippen molar-refractivity contribution in [1.29, 1.82) is 0 Å². The number of nitrogens with zero attached hydrogens (tertiary/aromatic N) is 1. The van der Waals surface area contributed by atoms with E-state index in [0.29, 0.717) is 22.7 Å². The van der Waals surface area contributed by atoms with Crippen molar-refractivity contribution < 1.29 is 13.2 Å². The zero-order chi connectivity index (χ0) is 23.3. The number of carbonyl (C=O) groups is 1. The Morgan fingerprint density at radius 3 is 2.25 bits per heavy atom. The molecule has 3 aromatic rings. The Morgan fingerprint density at radius 1 is 1.00 bits per heavy atom. The lowest BCUT2D eigenvalue weighted by atomic mass is 10.0. The van der Waals surface area contributed by atoms with E-state index in [9.17, 15) is 13.2 Å². The maximum Gasteiger partial charge on any atom is 0.264 e. The Bertz CT molecular complexity index is 1180. The number of benzene rings is 3. The van der Waals surface area contributed by atoms with E-state index in [-0.39, 0.29) is 23.4 Å². The van der Waals surface area contributed by atoms with Crippen LogP contribution in [0.1, 0.15) is 36.1 Å². The molecule has 0 aromatic heterocycles. The molecular weight excluding hydrogens is 444 g/mol. The molecule has 0 aliphatic rings. The van der Waals surface area contributed by atoms with Gasteiger partial charge in [0.05, 0.1) is 16.6 Å². The van der Waals surface area contributed by atoms with Gasteiger partial charge in [-0.05, 0) is 61.7 Å². The van der Waals surface area contributed by atoms with Crippen LogP contribution in [-0.2, 0) is 14.8 Å². The topological polar surface area (TPSA) is 66.5 Å². The van der Waals surface area contributed by atoms with Crippen LogP contribution in [0.3, 0.4) is 0 Å². The zero-order valence-corrected chi connectivity index (χ0v) is 20.0. The van der Waals surface area contributed by atoms with E-state index in [1.165, 1.54) is 0 Å². The lowest BCUT2D eigenvalue weighted by Gasteiger charge is -2.27. The van der Waals surface area contributed by atoms with Gasteiger partial charge in [-0.3, -0.25) is 9.10 Å². The molecule has 0 bridgehead atoms. The van der Waals surface area contributed by atoms with Crippen molar-refractivity contribution in [2.24, 2.45) is 0 Å². The number of anilines is 1. The molecule has 0 fully saturated rings. The van der Waals surface area contributed by atoms with Gasteiger partial charge in [0.2, 0.25) is 5.91 Å². The normalized spacial score (nSPS) is 12.2. The SMILES string of the molecule is CC[C@H](NC(=O)CN(c1ccc(Cl)cc1C)S(=O)(=O)c1ccc(C)cc1)c1ccccc1. The third kappa shape index (κ3) is 5.50. The van der Waals surface area contributed by atoms with Gasteiger partial charge >= 0.3 is 0 Å². The minimum Gasteiger partial charge on any atom is -0.348 e. The Morgan fingerprint density at radius 2 is 1.66 bits per heavy atom. The highest BCUT2D eigenvalue weighted by atomic mass is 35.5. The molecule has 32 heavy (non-hydrogen) atoms. The monoisotopic (exact) mass is 470 g/mol. The molecule has 0 heterocycles. The molecule has 0 saturated heterocycles. The van der Waals surface area contributed by atoms with Crippen LogP contribution in [-0.4, -0.2) is 20.9 Å². The van der Waals surface area contributed by atoms with Gasteiger partial charge < -0.3 is 5.32 Å². The van der Waals surface area contributed by atoms with Gasteiger partial charge in [-0.1, -0.05) is 66.6 Å². The first-order valence-corrected chi connectivity index (χ1v) is 12.2. The molecule has 1 N–H and O–H groups in total. The van der Waals surface area contributed by atoms with Gasteiger partial charge in [0.15, 0.2) is 0 Å². The fourth-order valence-corrected chi connectivity index (χ4v) is 5.22. The second-order valence-electron chi connectivity index (χ2n) is 7.69. The largest absolute Gasteiger partial charge is 0.348 e. The highest BCUT2D eigenvalue weighted by Crippen LogP contribution is 2.29. The van der Waals surface area contributed by atoms with E-state index in [1.807, 2.05) is 44.2 Å². The molecule has 0 spiro atoms. The standard InChI is InChI=1S/C25H27ClN2O3S/c1-4-23(20-8-6-5-7-9-20)27-25(29)17-28(24-15-12-21(26)16-19(24)3)32(30,31)22-13-10-18(2)11-14-22/h5-16,23H,4,17H2,1-3H3,(H,27,29)/t23-/m0/s1. The van der Waals surface area contributed by atoms with E-state index >= 15 is 0 Å². The average Bonchev–Trinajstić information content (AvgIpc) is 2.77. The summed E-state index contributed by atoms with van der Waals surface area (Å²) in [6.07, 6.45) is 0.681. The van der Waals surface area contributed by atoms with Crippen LogP contribution >= 0.6 is 11.6 Å². The predicted molar refractivity (Wildman–Crippen MR) is 130 cm³/mol. The molecule has 1 atom stereocenters. The van der Waals surface area contributed by atoms with Crippen LogP contribution in [0.5, 0.6) is 0 Å². The van der Waals surface area contributed by atoms with Gasteiger partial charge in [-0.25, -0.2) is 8.42 Å². The second-order valence-corrected chi connectivity index (χ2v) is 9.99. The van der Waals surface area contributed by atoms with Crippen molar-refractivity contribution in [1.82, 2.24) is 5.32 Å². The van der Waals surface area contributed by atoms with Crippen LogP contribution in [0.15, 0.2) is 77.7 Å². The lowest BCUT2D eigenvalue weighted by molar-refractivity contribution is -0.120. The van der Waals surface area contributed by atoms with Crippen molar-refractivity contribution in [2.45, 2.75) is 38.1 Å². The number of sulfonamides is 1. The smallest absolute Gasteiger partial charge is 0.264 e. The predicted octanol–water partition coefficient (Wildman–Crippen LogP) is 5.42. The number of rotatable bonds is 8. The van der Waals surface area contributed by atoms with Crippen LogP contribution < -0.4 is 9.62 Å². The molecule has 5 nitrogen and oxygen atoms in total. The molecule has 0 aliphatic carbocycles. The zero-order valence-electron chi connectivity index (χ0n) is 18.4. The first kappa shape index (κ1) is 23.8. The van der Waals surface area contributed by atoms with E-state index in [4.69, 9.17) is 11.6 Å². The Labute approximate surface area is 195 Å².